The first kappa shape index (κ1) is 16.2. The average Bonchev–Trinajstić information content (AvgIpc) is 2.39. The summed E-state index contributed by atoms with van der Waals surface area (Å²) in [5.41, 5.74) is 3.13. The van der Waals surface area contributed by atoms with E-state index in [-0.39, 0.29) is 17.1 Å². The molecule has 0 aromatic heterocycles. The Hall–Kier alpha value is -1.22. The molecule has 0 aliphatic heterocycles. The highest BCUT2D eigenvalue weighted by Crippen LogP contribution is 2.54. The molecule has 114 valence electrons. The van der Waals surface area contributed by atoms with Gasteiger partial charge in [-0.05, 0) is 51.9 Å². The highest BCUT2D eigenvalue weighted by molar-refractivity contribution is 9.10. The smallest absolute Gasteiger partial charge is 0.133 e. The van der Waals surface area contributed by atoms with Crippen LogP contribution in [0.2, 0.25) is 0 Å². The Morgan fingerprint density at radius 1 is 1.33 bits per heavy atom. The van der Waals surface area contributed by atoms with Crippen molar-refractivity contribution in [1.29, 1.82) is 0 Å². The summed E-state index contributed by atoms with van der Waals surface area (Å²) in [5.74, 6) is 1.48. The highest BCUT2D eigenvalue weighted by atomic mass is 79.9. The molecule has 0 heterocycles. The summed E-state index contributed by atoms with van der Waals surface area (Å²) in [6.07, 6.45) is 2.27. The van der Waals surface area contributed by atoms with Gasteiger partial charge in [0.05, 0.1) is 11.6 Å². The predicted octanol–water partition coefficient (Wildman–Crippen LogP) is 5.43. The van der Waals surface area contributed by atoms with Crippen LogP contribution in [0.4, 0.5) is 0 Å². The summed E-state index contributed by atoms with van der Waals surface area (Å²) < 4.78 is 6.14. The van der Waals surface area contributed by atoms with E-state index in [1.54, 1.807) is 13.2 Å². The molecule has 0 saturated heterocycles. The number of aromatic hydroxyl groups is 1. The Morgan fingerprint density at radius 2 is 1.95 bits per heavy atom. The number of phenols is 1. The van der Waals surface area contributed by atoms with E-state index < -0.39 is 0 Å². The van der Waals surface area contributed by atoms with Crippen molar-refractivity contribution >= 4 is 15.9 Å². The molecule has 0 amide bonds. The van der Waals surface area contributed by atoms with E-state index in [0.29, 0.717) is 5.92 Å². The summed E-state index contributed by atoms with van der Waals surface area (Å²) in [7, 11) is 1.63. The molecular weight excluding hydrogens is 328 g/mol. The second-order valence-corrected chi connectivity index (χ2v) is 7.32. The minimum absolute atomic E-state index is 0.0209. The molecule has 2 nitrogen and oxygen atoms in total. The fourth-order valence-electron chi connectivity index (χ4n) is 3.17. The van der Waals surface area contributed by atoms with Crippen LogP contribution in [0.5, 0.6) is 11.5 Å². The van der Waals surface area contributed by atoms with Gasteiger partial charge in [-0.15, -0.1) is 0 Å². The second-order valence-electron chi connectivity index (χ2n) is 6.46. The molecule has 1 aliphatic carbocycles. The minimum Gasteiger partial charge on any atom is -0.508 e. The predicted molar refractivity (Wildman–Crippen MR) is 90.9 cm³/mol. The van der Waals surface area contributed by atoms with Gasteiger partial charge < -0.3 is 9.84 Å². The molecule has 2 atom stereocenters. The molecule has 0 radical (unpaired) electrons. The minimum atomic E-state index is -0.0209. The standard InChI is InChI=1S/C18H23BrO2/c1-10-7-11(2)18(4,5)17(12(10)3)13-8-16(21-6)14(19)9-15(13)20/h7-9,11,17,20H,3H2,1-2,4-6H3/t11-,17+/m1/s1. The first-order valence-electron chi connectivity index (χ1n) is 7.14. The zero-order chi connectivity index (χ0) is 15.9. The van der Waals surface area contributed by atoms with Crippen molar-refractivity contribution in [3.8, 4) is 11.5 Å². The van der Waals surface area contributed by atoms with E-state index in [2.05, 4.69) is 56.3 Å². The van der Waals surface area contributed by atoms with E-state index in [4.69, 9.17) is 4.74 Å². The molecule has 1 aromatic carbocycles. The molecule has 0 spiro atoms. The summed E-state index contributed by atoms with van der Waals surface area (Å²) >= 11 is 3.41. The molecule has 1 aromatic rings. The van der Waals surface area contributed by atoms with Crippen LogP contribution < -0.4 is 4.74 Å². The van der Waals surface area contributed by atoms with Gasteiger partial charge >= 0.3 is 0 Å². The first-order chi connectivity index (χ1) is 9.70. The number of benzene rings is 1. The molecule has 2 rings (SSSR count). The second kappa shape index (κ2) is 5.53. The number of allylic oxidation sites excluding steroid dienone is 3. The Balaban J connectivity index is 2.64. The van der Waals surface area contributed by atoms with Crippen molar-refractivity contribution in [2.45, 2.75) is 33.6 Å². The lowest BCUT2D eigenvalue weighted by atomic mass is 9.60. The normalized spacial score (nSPS) is 24.7. The van der Waals surface area contributed by atoms with Crippen LogP contribution >= 0.6 is 15.9 Å². The van der Waals surface area contributed by atoms with Crippen LogP contribution in [0, 0.1) is 11.3 Å². The first-order valence-corrected chi connectivity index (χ1v) is 7.93. The summed E-state index contributed by atoms with van der Waals surface area (Å²) in [4.78, 5) is 0. The van der Waals surface area contributed by atoms with Crippen LogP contribution in [-0.4, -0.2) is 12.2 Å². The summed E-state index contributed by atoms with van der Waals surface area (Å²) in [5, 5.41) is 10.4. The van der Waals surface area contributed by atoms with Crippen molar-refractivity contribution in [2.24, 2.45) is 11.3 Å². The topological polar surface area (TPSA) is 29.5 Å². The lowest BCUT2D eigenvalue weighted by Gasteiger charge is -2.44. The quantitative estimate of drug-likeness (QED) is 0.770. The molecular formula is C18H23BrO2. The fourth-order valence-corrected chi connectivity index (χ4v) is 3.66. The lowest BCUT2D eigenvalue weighted by Crippen LogP contribution is -2.33. The zero-order valence-electron chi connectivity index (χ0n) is 13.3. The van der Waals surface area contributed by atoms with E-state index in [1.165, 1.54) is 5.57 Å². The maximum Gasteiger partial charge on any atom is 0.133 e. The third-order valence-corrected chi connectivity index (χ3v) is 5.50. The molecule has 21 heavy (non-hydrogen) atoms. The number of ether oxygens (including phenoxy) is 1. The van der Waals surface area contributed by atoms with Gasteiger partial charge in [-0.3, -0.25) is 0 Å². The van der Waals surface area contributed by atoms with Crippen molar-refractivity contribution in [2.75, 3.05) is 7.11 Å². The SMILES string of the molecule is C=C1C(C)=C[C@@H](C)C(C)(C)[C@@H]1c1cc(OC)c(Br)cc1O. The lowest BCUT2D eigenvalue weighted by molar-refractivity contribution is 0.224. The maximum atomic E-state index is 10.4. The van der Waals surface area contributed by atoms with Crippen LogP contribution in [-0.2, 0) is 0 Å². The Kier molecular flexibility index (Phi) is 4.25. The Bertz CT molecular complexity index is 614. The molecule has 0 fully saturated rings. The Morgan fingerprint density at radius 3 is 2.52 bits per heavy atom. The Labute approximate surface area is 135 Å². The number of hydrogen-bond donors (Lipinski definition) is 1. The molecule has 0 bridgehead atoms. The average molecular weight is 351 g/mol. The maximum absolute atomic E-state index is 10.4. The summed E-state index contributed by atoms with van der Waals surface area (Å²) in [6, 6.07) is 3.62. The molecule has 3 heteroatoms. The van der Waals surface area contributed by atoms with Crippen molar-refractivity contribution < 1.29 is 9.84 Å². The van der Waals surface area contributed by atoms with Crippen LogP contribution in [0.1, 0.15) is 39.2 Å². The van der Waals surface area contributed by atoms with Gasteiger partial charge in [-0.25, -0.2) is 0 Å². The van der Waals surface area contributed by atoms with Gasteiger partial charge in [0, 0.05) is 11.5 Å². The van der Waals surface area contributed by atoms with Crippen molar-refractivity contribution in [1.82, 2.24) is 0 Å². The van der Waals surface area contributed by atoms with Gasteiger partial charge in [0.15, 0.2) is 0 Å². The zero-order valence-corrected chi connectivity index (χ0v) is 14.9. The molecule has 0 unspecified atom stereocenters. The van der Waals surface area contributed by atoms with Gasteiger partial charge in [0.1, 0.15) is 11.5 Å². The number of halogens is 1. The van der Waals surface area contributed by atoms with Crippen molar-refractivity contribution in [3.05, 3.63) is 46.0 Å². The fraction of sp³-hybridized carbons (Fsp3) is 0.444. The van der Waals surface area contributed by atoms with Crippen LogP contribution in [0.3, 0.4) is 0 Å². The van der Waals surface area contributed by atoms with Gasteiger partial charge in [-0.2, -0.15) is 0 Å². The van der Waals surface area contributed by atoms with E-state index in [1.807, 2.05) is 6.07 Å². The monoisotopic (exact) mass is 350 g/mol. The van der Waals surface area contributed by atoms with Gasteiger partial charge in [0.25, 0.3) is 0 Å². The molecule has 0 saturated carbocycles. The van der Waals surface area contributed by atoms with Crippen LogP contribution in [0.15, 0.2) is 40.4 Å². The van der Waals surface area contributed by atoms with Crippen molar-refractivity contribution in [3.63, 3.8) is 0 Å². The van der Waals surface area contributed by atoms with Crippen LogP contribution in [0.25, 0.3) is 0 Å². The van der Waals surface area contributed by atoms with E-state index in [0.717, 1.165) is 21.4 Å². The van der Waals surface area contributed by atoms with E-state index >= 15 is 0 Å². The largest absolute Gasteiger partial charge is 0.508 e. The summed E-state index contributed by atoms with van der Waals surface area (Å²) in [6.45, 7) is 13.0. The number of rotatable bonds is 2. The number of methoxy groups -OCH3 is 1. The third kappa shape index (κ3) is 2.64. The highest BCUT2D eigenvalue weighted by Gasteiger charge is 2.41. The number of hydrogen-bond acceptors (Lipinski definition) is 2. The third-order valence-electron chi connectivity index (χ3n) is 4.88. The molecule has 1 aliphatic rings. The van der Waals surface area contributed by atoms with E-state index in [9.17, 15) is 5.11 Å². The van der Waals surface area contributed by atoms with Gasteiger partial charge in [-0.1, -0.05) is 39.0 Å². The molecule has 1 N–H and O–H groups in total. The number of phenolic OH excluding ortho intramolecular Hbond substituents is 1. The van der Waals surface area contributed by atoms with Gasteiger partial charge in [0.2, 0.25) is 0 Å².